The van der Waals surface area contributed by atoms with E-state index in [2.05, 4.69) is 20.6 Å². The van der Waals surface area contributed by atoms with Gasteiger partial charge in [-0.2, -0.15) is 0 Å². The number of pyridine rings is 1. The third-order valence-electron chi connectivity index (χ3n) is 5.31. The van der Waals surface area contributed by atoms with Gasteiger partial charge in [-0.05, 0) is 41.8 Å². The average Bonchev–Trinajstić information content (AvgIpc) is 3.34. The second kappa shape index (κ2) is 10.6. The number of nitrogens with zero attached hydrogens (tertiary/aromatic N) is 2. The maximum atomic E-state index is 12.9. The number of hydrogen-bond donors (Lipinski definition) is 2. The predicted molar refractivity (Wildman–Crippen MR) is 132 cm³/mol. The van der Waals surface area contributed by atoms with Gasteiger partial charge in [0.15, 0.2) is 5.78 Å². The number of rotatable bonds is 8. The van der Waals surface area contributed by atoms with Gasteiger partial charge in [0.2, 0.25) is 0 Å². The molecular weight excluding hydrogens is 459 g/mol. The molecule has 0 atom stereocenters. The molecule has 3 aromatic rings. The Kier molecular flexibility index (Phi) is 7.37. The van der Waals surface area contributed by atoms with E-state index in [1.54, 1.807) is 30.3 Å². The number of benzene rings is 2. The van der Waals surface area contributed by atoms with Gasteiger partial charge in [0.25, 0.3) is 5.91 Å². The van der Waals surface area contributed by atoms with Gasteiger partial charge < -0.3 is 10.6 Å². The highest BCUT2D eigenvalue weighted by atomic mass is 35.5. The van der Waals surface area contributed by atoms with Crippen molar-refractivity contribution in [3.63, 3.8) is 0 Å². The van der Waals surface area contributed by atoms with E-state index in [0.717, 1.165) is 37.3 Å². The second-order valence-corrected chi connectivity index (χ2v) is 8.54. The monoisotopic (exact) mass is 480 g/mol. The van der Waals surface area contributed by atoms with E-state index in [1.807, 2.05) is 24.3 Å². The molecule has 1 aliphatic rings. The van der Waals surface area contributed by atoms with Crippen LogP contribution in [0.25, 0.3) is 0 Å². The molecule has 4 rings (SSSR count). The van der Waals surface area contributed by atoms with Crippen molar-refractivity contribution in [3.05, 3.63) is 93.1 Å². The van der Waals surface area contributed by atoms with Crippen LogP contribution in [0.2, 0.25) is 10.0 Å². The van der Waals surface area contributed by atoms with Gasteiger partial charge >= 0.3 is 0 Å². The molecule has 2 heterocycles. The van der Waals surface area contributed by atoms with E-state index in [9.17, 15) is 9.59 Å². The Balaban J connectivity index is 1.44. The molecule has 6 nitrogen and oxygen atoms in total. The highest BCUT2D eigenvalue weighted by molar-refractivity contribution is 6.31. The summed E-state index contributed by atoms with van der Waals surface area (Å²) in [7, 11) is 0. The van der Waals surface area contributed by atoms with E-state index >= 15 is 0 Å². The molecule has 8 heteroatoms. The minimum absolute atomic E-state index is 0.0774. The van der Waals surface area contributed by atoms with Crippen LogP contribution in [0, 0.1) is 0 Å². The van der Waals surface area contributed by atoms with Crippen LogP contribution in [0.4, 0.5) is 5.82 Å². The van der Waals surface area contributed by atoms with E-state index in [-0.39, 0.29) is 12.2 Å². The summed E-state index contributed by atoms with van der Waals surface area (Å²) < 4.78 is 0. The molecule has 2 aromatic carbocycles. The minimum Gasteiger partial charge on any atom is -0.372 e. The Hall–Kier alpha value is -3.22. The second-order valence-electron chi connectivity index (χ2n) is 7.67. The van der Waals surface area contributed by atoms with Crippen LogP contribution in [-0.4, -0.2) is 35.6 Å². The van der Waals surface area contributed by atoms with Gasteiger partial charge in [-0.15, -0.1) is 0 Å². The van der Waals surface area contributed by atoms with Crippen LogP contribution >= 0.6 is 23.2 Å². The zero-order chi connectivity index (χ0) is 23.2. The number of amides is 1. The van der Waals surface area contributed by atoms with Crippen LogP contribution < -0.4 is 10.6 Å². The summed E-state index contributed by atoms with van der Waals surface area (Å²) in [6.45, 7) is 1.74. The number of ketones is 1. The van der Waals surface area contributed by atoms with E-state index < -0.39 is 5.91 Å². The number of hydrogen-bond acceptors (Lipinski definition) is 5. The number of aryl methyl sites for hydroxylation is 1. The normalized spacial score (nSPS) is 12.7. The largest absolute Gasteiger partial charge is 0.372 e. The van der Waals surface area contributed by atoms with Crippen molar-refractivity contribution < 1.29 is 9.59 Å². The average molecular weight is 481 g/mol. The Morgan fingerprint density at radius 3 is 2.45 bits per heavy atom. The first-order valence-corrected chi connectivity index (χ1v) is 11.3. The summed E-state index contributed by atoms with van der Waals surface area (Å²) in [4.78, 5) is 34.3. The Morgan fingerprint density at radius 1 is 0.970 bits per heavy atom. The lowest BCUT2D eigenvalue weighted by Gasteiger charge is -2.11. The Labute approximate surface area is 202 Å². The van der Waals surface area contributed by atoms with Crippen molar-refractivity contribution in [1.29, 1.82) is 0 Å². The summed E-state index contributed by atoms with van der Waals surface area (Å²) in [6.07, 6.45) is 3.24. The third-order valence-corrected chi connectivity index (χ3v) is 5.77. The summed E-state index contributed by atoms with van der Waals surface area (Å²) in [5, 5.41) is 6.86. The fourth-order valence-corrected chi connectivity index (χ4v) is 3.84. The first-order valence-electron chi connectivity index (χ1n) is 10.6. The molecular formula is C25H22Cl2N4O2. The van der Waals surface area contributed by atoms with Crippen LogP contribution in [0.5, 0.6) is 0 Å². The molecule has 168 valence electrons. The topological polar surface area (TPSA) is 83.5 Å². The lowest BCUT2D eigenvalue weighted by Crippen LogP contribution is -2.18. The summed E-state index contributed by atoms with van der Waals surface area (Å²) in [5.41, 5.74) is 2.65. The van der Waals surface area contributed by atoms with Crippen molar-refractivity contribution >= 4 is 46.5 Å². The van der Waals surface area contributed by atoms with Gasteiger partial charge in [0.05, 0.1) is 17.4 Å². The summed E-state index contributed by atoms with van der Waals surface area (Å²) in [5.74, 6) is 0.923. The van der Waals surface area contributed by atoms with Crippen LogP contribution in [0.15, 0.2) is 65.8 Å². The molecule has 0 spiro atoms. The molecule has 1 aromatic heterocycles. The lowest BCUT2D eigenvalue weighted by molar-refractivity contribution is 0.0992. The van der Waals surface area contributed by atoms with Gasteiger partial charge in [0, 0.05) is 41.7 Å². The van der Waals surface area contributed by atoms with Crippen LogP contribution in [-0.2, 0) is 12.8 Å². The molecule has 0 bridgehead atoms. The number of halogens is 2. The Morgan fingerprint density at radius 2 is 1.76 bits per heavy atom. The standard InChI is InChI=1S/C25H22Cl2N4O2/c26-19-7-6-18(21(14-19)25(33)31-24-10-8-20(27)15-30-24)13-22(32)17-4-1-16(2-5-17)3-9-23-28-11-12-29-23/h1-2,4-8,10,14-15H,3,9,11-13H2,(H,28,29)(H,30,31,33). The number of aromatic nitrogens is 1. The fourth-order valence-electron chi connectivity index (χ4n) is 3.56. The van der Waals surface area contributed by atoms with Crippen molar-refractivity contribution in [2.24, 2.45) is 4.99 Å². The van der Waals surface area contributed by atoms with Gasteiger partial charge in [-0.1, -0.05) is 53.5 Å². The van der Waals surface area contributed by atoms with Crippen LogP contribution in [0.3, 0.4) is 0 Å². The number of nitrogens with one attached hydrogen (secondary N) is 2. The van der Waals surface area contributed by atoms with Crippen LogP contribution in [0.1, 0.15) is 38.3 Å². The van der Waals surface area contributed by atoms with Gasteiger partial charge in [0.1, 0.15) is 5.82 Å². The number of Topliss-reactive ketones (excluding diaryl/α,β-unsaturated/α-hetero) is 1. The molecule has 0 saturated carbocycles. The highest BCUT2D eigenvalue weighted by Gasteiger charge is 2.17. The maximum Gasteiger partial charge on any atom is 0.257 e. The molecule has 0 saturated heterocycles. The Bertz CT molecular complexity index is 1190. The zero-order valence-electron chi connectivity index (χ0n) is 17.8. The maximum absolute atomic E-state index is 12.9. The molecule has 33 heavy (non-hydrogen) atoms. The predicted octanol–water partition coefficient (Wildman–Crippen LogP) is 5.00. The minimum atomic E-state index is -0.395. The smallest absolute Gasteiger partial charge is 0.257 e. The number of aliphatic imine (C=N–C) groups is 1. The zero-order valence-corrected chi connectivity index (χ0v) is 19.3. The summed E-state index contributed by atoms with van der Waals surface area (Å²) in [6, 6.07) is 15.7. The summed E-state index contributed by atoms with van der Waals surface area (Å²) >= 11 is 12.0. The van der Waals surface area contributed by atoms with E-state index in [4.69, 9.17) is 23.2 Å². The number of carbonyl (C=O) groups is 2. The van der Waals surface area contributed by atoms with Gasteiger partial charge in [-0.3, -0.25) is 14.6 Å². The first-order chi connectivity index (χ1) is 16.0. The molecule has 0 fully saturated rings. The van der Waals surface area contributed by atoms with E-state index in [1.165, 1.54) is 6.20 Å². The molecule has 0 radical (unpaired) electrons. The first kappa shape index (κ1) is 23.0. The van der Waals surface area contributed by atoms with Crippen molar-refractivity contribution in [2.75, 3.05) is 18.4 Å². The van der Waals surface area contributed by atoms with Gasteiger partial charge in [-0.25, -0.2) is 4.98 Å². The number of carbonyl (C=O) groups excluding carboxylic acids is 2. The number of anilines is 1. The molecule has 0 aliphatic carbocycles. The number of amidine groups is 1. The quantitative estimate of drug-likeness (QED) is 0.444. The fraction of sp³-hybridized carbons (Fsp3) is 0.200. The molecule has 1 aliphatic heterocycles. The molecule has 1 amide bonds. The van der Waals surface area contributed by atoms with Crippen molar-refractivity contribution in [1.82, 2.24) is 10.3 Å². The van der Waals surface area contributed by atoms with Crippen molar-refractivity contribution in [2.45, 2.75) is 19.3 Å². The van der Waals surface area contributed by atoms with E-state index in [0.29, 0.717) is 32.6 Å². The molecule has 0 unspecified atom stereocenters. The third kappa shape index (κ3) is 6.18. The lowest BCUT2D eigenvalue weighted by atomic mass is 9.97. The highest BCUT2D eigenvalue weighted by Crippen LogP contribution is 2.20. The SMILES string of the molecule is O=C(Cc1ccc(Cl)cc1C(=O)Nc1ccc(Cl)cn1)c1ccc(CCC2=NCCN2)cc1. The van der Waals surface area contributed by atoms with Crippen molar-refractivity contribution in [3.8, 4) is 0 Å². The molecule has 2 N–H and O–H groups in total.